The monoisotopic (exact) mass is 314 g/mol. The summed E-state index contributed by atoms with van der Waals surface area (Å²) < 4.78 is 14.9. The summed E-state index contributed by atoms with van der Waals surface area (Å²) in [5.74, 6) is 0.276. The number of phenolic OH excluding ortho intramolecular Hbond substituents is 1. The summed E-state index contributed by atoms with van der Waals surface area (Å²) in [5.41, 5.74) is 2.23. The van der Waals surface area contributed by atoms with Crippen LogP contribution < -0.4 is 9.47 Å². The summed E-state index contributed by atoms with van der Waals surface area (Å²) >= 11 is 0. The summed E-state index contributed by atoms with van der Waals surface area (Å²) in [7, 11) is 4.31. The molecule has 0 bridgehead atoms. The summed E-state index contributed by atoms with van der Waals surface area (Å²) in [5, 5.41) is 9.89. The Morgan fingerprint density at radius 1 is 0.913 bits per heavy atom. The number of phenols is 1. The second-order valence-electron chi connectivity index (χ2n) is 4.72. The lowest BCUT2D eigenvalue weighted by molar-refractivity contribution is 0.0600. The van der Waals surface area contributed by atoms with Crippen LogP contribution in [0.2, 0.25) is 0 Å². The highest BCUT2D eigenvalue weighted by Gasteiger charge is 2.09. The van der Waals surface area contributed by atoms with Gasteiger partial charge in [-0.2, -0.15) is 0 Å². The molecule has 0 amide bonds. The van der Waals surface area contributed by atoms with Crippen molar-refractivity contribution < 1.29 is 24.1 Å². The lowest BCUT2D eigenvalue weighted by atomic mass is 10.1. The molecular weight excluding hydrogens is 296 g/mol. The van der Waals surface area contributed by atoms with Gasteiger partial charge in [-0.25, -0.2) is 4.79 Å². The Bertz CT molecular complexity index is 692. The van der Waals surface area contributed by atoms with Crippen LogP contribution in [0.1, 0.15) is 21.5 Å². The van der Waals surface area contributed by atoms with Crippen LogP contribution in [0.15, 0.2) is 36.4 Å². The van der Waals surface area contributed by atoms with Crippen molar-refractivity contribution in [2.75, 3.05) is 21.3 Å². The zero-order chi connectivity index (χ0) is 16.8. The minimum Gasteiger partial charge on any atom is -0.502 e. The van der Waals surface area contributed by atoms with Crippen molar-refractivity contribution in [3.8, 4) is 17.2 Å². The molecular formula is C18H18O5. The van der Waals surface area contributed by atoms with E-state index in [1.807, 2.05) is 24.3 Å². The van der Waals surface area contributed by atoms with Gasteiger partial charge in [-0.3, -0.25) is 0 Å². The lowest BCUT2D eigenvalue weighted by Crippen LogP contribution is -2.00. The van der Waals surface area contributed by atoms with Gasteiger partial charge in [-0.05, 0) is 35.4 Å². The van der Waals surface area contributed by atoms with Crippen LogP contribution in [-0.4, -0.2) is 32.4 Å². The molecule has 0 aliphatic carbocycles. The van der Waals surface area contributed by atoms with Crippen LogP contribution in [0.3, 0.4) is 0 Å². The van der Waals surface area contributed by atoms with E-state index in [-0.39, 0.29) is 11.7 Å². The molecule has 120 valence electrons. The molecule has 0 unspecified atom stereocenters. The van der Waals surface area contributed by atoms with Gasteiger partial charge in [0.1, 0.15) is 0 Å². The number of hydrogen-bond donors (Lipinski definition) is 1. The molecule has 0 aliphatic rings. The van der Waals surface area contributed by atoms with Crippen molar-refractivity contribution in [3.63, 3.8) is 0 Å². The lowest BCUT2D eigenvalue weighted by Gasteiger charge is -2.09. The predicted molar refractivity (Wildman–Crippen MR) is 87.9 cm³/mol. The zero-order valence-electron chi connectivity index (χ0n) is 13.2. The molecule has 0 aromatic heterocycles. The second kappa shape index (κ2) is 7.35. The molecule has 0 saturated carbocycles. The van der Waals surface area contributed by atoms with E-state index in [4.69, 9.17) is 9.47 Å². The Balaban J connectivity index is 2.24. The maximum atomic E-state index is 11.4. The van der Waals surface area contributed by atoms with Crippen LogP contribution in [-0.2, 0) is 4.74 Å². The zero-order valence-corrected chi connectivity index (χ0v) is 13.2. The number of ether oxygens (including phenoxy) is 3. The fraction of sp³-hybridized carbons (Fsp3) is 0.167. The maximum absolute atomic E-state index is 11.4. The van der Waals surface area contributed by atoms with E-state index in [2.05, 4.69) is 4.74 Å². The highest BCUT2D eigenvalue weighted by molar-refractivity contribution is 5.89. The predicted octanol–water partition coefficient (Wildman–Crippen LogP) is 3.37. The number of hydrogen-bond acceptors (Lipinski definition) is 5. The Morgan fingerprint density at radius 3 is 1.91 bits per heavy atom. The Labute approximate surface area is 134 Å². The Kier molecular flexibility index (Phi) is 5.25. The molecule has 0 aliphatic heterocycles. The first-order chi connectivity index (χ1) is 11.1. The van der Waals surface area contributed by atoms with Gasteiger partial charge in [-0.15, -0.1) is 0 Å². The summed E-state index contributed by atoms with van der Waals surface area (Å²) in [4.78, 5) is 11.4. The summed E-state index contributed by atoms with van der Waals surface area (Å²) in [6.07, 6.45) is 3.74. The molecule has 0 radical (unpaired) electrons. The van der Waals surface area contributed by atoms with Gasteiger partial charge >= 0.3 is 5.97 Å². The average Bonchev–Trinajstić information content (AvgIpc) is 2.60. The van der Waals surface area contributed by atoms with E-state index in [0.717, 1.165) is 11.1 Å². The van der Waals surface area contributed by atoms with Crippen molar-refractivity contribution in [1.82, 2.24) is 0 Å². The minimum atomic E-state index is -0.367. The maximum Gasteiger partial charge on any atom is 0.337 e. The normalized spacial score (nSPS) is 10.6. The molecule has 0 fully saturated rings. The Morgan fingerprint density at radius 2 is 1.43 bits per heavy atom. The van der Waals surface area contributed by atoms with E-state index in [9.17, 15) is 9.90 Å². The fourth-order valence-electron chi connectivity index (χ4n) is 2.05. The molecule has 23 heavy (non-hydrogen) atoms. The van der Waals surface area contributed by atoms with Crippen LogP contribution in [0, 0.1) is 0 Å². The van der Waals surface area contributed by atoms with Crippen molar-refractivity contribution in [1.29, 1.82) is 0 Å². The molecule has 0 spiro atoms. The fourth-order valence-corrected chi connectivity index (χ4v) is 2.05. The van der Waals surface area contributed by atoms with Crippen molar-refractivity contribution >= 4 is 18.1 Å². The first-order valence-corrected chi connectivity index (χ1v) is 6.90. The molecule has 5 heteroatoms. The van der Waals surface area contributed by atoms with Crippen LogP contribution >= 0.6 is 0 Å². The molecule has 0 atom stereocenters. The van der Waals surface area contributed by atoms with Gasteiger partial charge in [0.2, 0.25) is 5.75 Å². The van der Waals surface area contributed by atoms with Crippen molar-refractivity contribution in [3.05, 3.63) is 53.1 Å². The molecule has 2 rings (SSSR count). The van der Waals surface area contributed by atoms with E-state index in [0.29, 0.717) is 17.1 Å². The first-order valence-electron chi connectivity index (χ1n) is 6.90. The average molecular weight is 314 g/mol. The van der Waals surface area contributed by atoms with Crippen LogP contribution in [0.25, 0.3) is 12.2 Å². The number of aromatic hydroxyl groups is 1. The van der Waals surface area contributed by atoms with E-state index in [1.165, 1.54) is 21.3 Å². The number of carbonyl (C=O) groups excluding carboxylic acids is 1. The highest BCUT2D eigenvalue weighted by Crippen LogP contribution is 2.37. The number of benzene rings is 2. The molecule has 0 heterocycles. The number of esters is 1. The van der Waals surface area contributed by atoms with Gasteiger partial charge in [0, 0.05) is 0 Å². The highest BCUT2D eigenvalue weighted by atomic mass is 16.5. The standard InChI is InChI=1S/C18H18O5/c1-21-15-10-13(11-16(22-2)17(15)19)5-4-12-6-8-14(9-7-12)18(20)23-3/h4-11,19H,1-3H3/b5-4+. The van der Waals surface area contributed by atoms with E-state index < -0.39 is 0 Å². The van der Waals surface area contributed by atoms with Gasteiger partial charge in [0.05, 0.1) is 26.9 Å². The van der Waals surface area contributed by atoms with Crippen LogP contribution in [0.5, 0.6) is 17.2 Å². The van der Waals surface area contributed by atoms with Gasteiger partial charge < -0.3 is 19.3 Å². The molecule has 2 aromatic rings. The number of rotatable bonds is 5. The third-order valence-electron chi connectivity index (χ3n) is 3.30. The van der Waals surface area contributed by atoms with E-state index >= 15 is 0 Å². The molecule has 2 aromatic carbocycles. The van der Waals surface area contributed by atoms with Crippen molar-refractivity contribution in [2.24, 2.45) is 0 Å². The van der Waals surface area contributed by atoms with Crippen LogP contribution in [0.4, 0.5) is 0 Å². The Hall–Kier alpha value is -2.95. The third-order valence-corrected chi connectivity index (χ3v) is 3.30. The van der Waals surface area contributed by atoms with Crippen molar-refractivity contribution in [2.45, 2.75) is 0 Å². The first kappa shape index (κ1) is 16.4. The van der Waals surface area contributed by atoms with Gasteiger partial charge in [0.15, 0.2) is 11.5 Å². The van der Waals surface area contributed by atoms with E-state index in [1.54, 1.807) is 24.3 Å². The smallest absolute Gasteiger partial charge is 0.337 e. The summed E-state index contributed by atoms with van der Waals surface area (Å²) in [6.45, 7) is 0. The van der Waals surface area contributed by atoms with Gasteiger partial charge in [0.25, 0.3) is 0 Å². The molecule has 1 N–H and O–H groups in total. The summed E-state index contributed by atoms with van der Waals surface area (Å²) in [6, 6.07) is 10.4. The number of carbonyl (C=O) groups is 1. The molecule has 5 nitrogen and oxygen atoms in total. The topological polar surface area (TPSA) is 65.0 Å². The van der Waals surface area contributed by atoms with Gasteiger partial charge in [-0.1, -0.05) is 24.3 Å². The largest absolute Gasteiger partial charge is 0.502 e. The minimum absolute atomic E-state index is 0.0328. The quantitative estimate of drug-likeness (QED) is 0.677. The number of methoxy groups -OCH3 is 3. The third kappa shape index (κ3) is 3.83. The second-order valence-corrected chi connectivity index (χ2v) is 4.72. The SMILES string of the molecule is COC(=O)c1ccc(/C=C/c2cc(OC)c(O)c(OC)c2)cc1. The molecule has 0 saturated heterocycles.